The van der Waals surface area contributed by atoms with E-state index in [1.54, 1.807) is 12.1 Å². The Labute approximate surface area is 140 Å². The molecule has 1 fully saturated rings. The summed E-state index contributed by atoms with van der Waals surface area (Å²) in [5.41, 5.74) is 0. The fraction of sp³-hybridized carbons (Fsp3) is 0.417. The molecule has 6 nitrogen and oxygen atoms in total. The average Bonchev–Trinajstić information content (AvgIpc) is 2.46. The third-order valence-corrected chi connectivity index (χ3v) is 6.60. The van der Waals surface area contributed by atoms with Gasteiger partial charge in [-0.3, -0.25) is 4.79 Å². The van der Waals surface area contributed by atoms with Crippen molar-refractivity contribution in [3.63, 3.8) is 0 Å². The monoisotopic (exact) mass is 439 g/mol. The van der Waals surface area contributed by atoms with Crippen molar-refractivity contribution < 1.29 is 13.2 Å². The van der Waals surface area contributed by atoms with E-state index < -0.39 is 16.1 Å². The Kier molecular flexibility index (Phi) is 5.42. The molecule has 0 saturated carbocycles. The molecule has 1 heterocycles. The van der Waals surface area contributed by atoms with Crippen LogP contribution in [0.4, 0.5) is 0 Å². The Morgan fingerprint density at radius 3 is 2.76 bits per heavy atom. The van der Waals surface area contributed by atoms with Crippen LogP contribution in [0.15, 0.2) is 32.0 Å². The fourth-order valence-corrected chi connectivity index (χ4v) is 5.47. The summed E-state index contributed by atoms with van der Waals surface area (Å²) in [6.07, 6.45) is 0. The van der Waals surface area contributed by atoms with E-state index in [1.807, 2.05) is 0 Å². The molecule has 1 unspecified atom stereocenters. The maximum Gasteiger partial charge on any atom is 0.245 e. The summed E-state index contributed by atoms with van der Waals surface area (Å²) in [6.45, 7) is 1.07. The van der Waals surface area contributed by atoms with Crippen molar-refractivity contribution in [2.24, 2.45) is 0 Å². The molecule has 0 aromatic heterocycles. The Bertz CT molecular complexity index is 651. The van der Waals surface area contributed by atoms with Crippen LogP contribution in [0.5, 0.6) is 0 Å². The van der Waals surface area contributed by atoms with Crippen molar-refractivity contribution in [2.75, 3.05) is 26.7 Å². The van der Waals surface area contributed by atoms with Crippen LogP contribution in [0, 0.1) is 0 Å². The number of carbonyl (C=O) groups is 1. The topological polar surface area (TPSA) is 78.5 Å². The number of piperazine rings is 1. The minimum atomic E-state index is -3.75. The molecule has 1 aliphatic heterocycles. The van der Waals surface area contributed by atoms with Crippen LogP contribution in [0.2, 0.25) is 0 Å². The van der Waals surface area contributed by atoms with Gasteiger partial charge >= 0.3 is 0 Å². The number of halogens is 2. The Balaban J connectivity index is 2.43. The lowest BCUT2D eigenvalue weighted by Gasteiger charge is -2.34. The lowest BCUT2D eigenvalue weighted by molar-refractivity contribution is -0.124. The van der Waals surface area contributed by atoms with E-state index in [2.05, 4.69) is 42.5 Å². The molecule has 0 radical (unpaired) electrons. The van der Waals surface area contributed by atoms with Gasteiger partial charge in [0.05, 0.1) is 4.90 Å². The zero-order chi connectivity index (χ0) is 15.6. The third kappa shape index (κ3) is 3.48. The van der Waals surface area contributed by atoms with Crippen molar-refractivity contribution >= 4 is 47.8 Å². The van der Waals surface area contributed by atoms with Crippen LogP contribution in [0.3, 0.4) is 0 Å². The highest BCUT2D eigenvalue weighted by Crippen LogP contribution is 2.29. The number of hydrogen-bond donors (Lipinski definition) is 2. The predicted molar refractivity (Wildman–Crippen MR) is 86.5 cm³/mol. The zero-order valence-electron chi connectivity index (χ0n) is 11.3. The zero-order valence-corrected chi connectivity index (χ0v) is 15.3. The third-order valence-electron chi connectivity index (χ3n) is 3.22. The summed E-state index contributed by atoms with van der Waals surface area (Å²) in [4.78, 5) is 12.1. The largest absolute Gasteiger partial charge is 0.358 e. The Morgan fingerprint density at radius 1 is 1.43 bits per heavy atom. The molecular weight excluding hydrogens is 426 g/mol. The molecule has 1 aromatic carbocycles. The molecule has 1 saturated heterocycles. The molecule has 0 bridgehead atoms. The molecule has 1 amide bonds. The van der Waals surface area contributed by atoms with Gasteiger partial charge in [0.25, 0.3) is 0 Å². The lowest BCUT2D eigenvalue weighted by atomic mass is 10.2. The van der Waals surface area contributed by atoms with Crippen molar-refractivity contribution in [1.82, 2.24) is 14.9 Å². The molecule has 2 N–H and O–H groups in total. The van der Waals surface area contributed by atoms with Gasteiger partial charge in [0.1, 0.15) is 6.04 Å². The molecule has 1 aromatic rings. The summed E-state index contributed by atoms with van der Waals surface area (Å²) < 4.78 is 28.1. The number of hydrogen-bond acceptors (Lipinski definition) is 4. The molecular formula is C12H15Br2N3O3S. The van der Waals surface area contributed by atoms with E-state index >= 15 is 0 Å². The van der Waals surface area contributed by atoms with Gasteiger partial charge in [-0.05, 0) is 34.1 Å². The van der Waals surface area contributed by atoms with Gasteiger partial charge < -0.3 is 10.6 Å². The summed E-state index contributed by atoms with van der Waals surface area (Å²) >= 11 is 6.56. The molecule has 0 aliphatic carbocycles. The standard InChI is InChI=1S/C12H15Br2N3O3S/c1-15-12(18)10-7-16-4-5-17(10)21(19,20)11-3-2-8(13)6-9(11)14/h2-3,6,10,16H,4-5,7H2,1H3,(H,15,18). The van der Waals surface area contributed by atoms with E-state index in [0.717, 1.165) is 4.47 Å². The van der Waals surface area contributed by atoms with Gasteiger partial charge in [-0.25, -0.2) is 8.42 Å². The number of sulfonamides is 1. The SMILES string of the molecule is CNC(=O)C1CNCCN1S(=O)(=O)c1ccc(Br)cc1Br. The quantitative estimate of drug-likeness (QED) is 0.732. The van der Waals surface area contributed by atoms with Crippen molar-refractivity contribution in [3.8, 4) is 0 Å². The van der Waals surface area contributed by atoms with Gasteiger partial charge in [-0.15, -0.1) is 0 Å². The van der Waals surface area contributed by atoms with E-state index in [4.69, 9.17) is 0 Å². The second kappa shape index (κ2) is 6.74. The fourth-order valence-electron chi connectivity index (χ4n) is 2.17. The minimum absolute atomic E-state index is 0.154. The number of nitrogens with one attached hydrogen (secondary N) is 2. The van der Waals surface area contributed by atoms with Crippen molar-refractivity contribution in [1.29, 1.82) is 0 Å². The second-order valence-corrected chi connectivity index (χ2v) is 8.15. The molecule has 1 atom stereocenters. The highest BCUT2D eigenvalue weighted by atomic mass is 79.9. The number of rotatable bonds is 3. The van der Waals surface area contributed by atoms with Crippen molar-refractivity contribution in [3.05, 3.63) is 27.1 Å². The lowest BCUT2D eigenvalue weighted by Crippen LogP contribution is -2.59. The molecule has 2 rings (SSSR count). The first kappa shape index (κ1) is 16.9. The molecule has 116 valence electrons. The Morgan fingerprint density at radius 2 is 2.14 bits per heavy atom. The second-order valence-electron chi connectivity index (χ2n) is 4.52. The number of carbonyl (C=O) groups excluding carboxylic acids is 1. The summed E-state index contributed by atoms with van der Waals surface area (Å²) in [7, 11) is -2.25. The number of amides is 1. The van der Waals surface area contributed by atoms with Gasteiger partial charge in [-0.2, -0.15) is 4.31 Å². The van der Waals surface area contributed by atoms with Gasteiger partial charge in [0.2, 0.25) is 15.9 Å². The Hall–Kier alpha value is -0.480. The molecule has 9 heteroatoms. The number of nitrogens with zero attached hydrogens (tertiary/aromatic N) is 1. The molecule has 1 aliphatic rings. The maximum atomic E-state index is 12.8. The average molecular weight is 441 g/mol. The van der Waals surface area contributed by atoms with Crippen LogP contribution >= 0.6 is 31.9 Å². The summed E-state index contributed by atoms with van der Waals surface area (Å²) in [6, 6.07) is 4.11. The van der Waals surface area contributed by atoms with E-state index in [1.165, 1.54) is 17.4 Å². The van der Waals surface area contributed by atoms with Crippen LogP contribution < -0.4 is 10.6 Å². The van der Waals surface area contributed by atoms with Crippen molar-refractivity contribution in [2.45, 2.75) is 10.9 Å². The highest BCUT2D eigenvalue weighted by Gasteiger charge is 2.38. The predicted octanol–water partition coefficient (Wildman–Crippen LogP) is 0.920. The minimum Gasteiger partial charge on any atom is -0.358 e. The van der Waals surface area contributed by atoms with Gasteiger partial charge in [0.15, 0.2) is 0 Å². The van der Waals surface area contributed by atoms with E-state index in [0.29, 0.717) is 17.6 Å². The first-order chi connectivity index (χ1) is 9.87. The molecule has 0 spiro atoms. The van der Waals surface area contributed by atoms with E-state index in [9.17, 15) is 13.2 Å². The smallest absolute Gasteiger partial charge is 0.245 e. The summed E-state index contributed by atoms with van der Waals surface area (Å²) in [5, 5.41) is 5.55. The van der Waals surface area contributed by atoms with Crippen LogP contribution in [0.1, 0.15) is 0 Å². The van der Waals surface area contributed by atoms with E-state index in [-0.39, 0.29) is 17.3 Å². The highest BCUT2D eigenvalue weighted by molar-refractivity contribution is 9.11. The maximum absolute atomic E-state index is 12.8. The first-order valence-electron chi connectivity index (χ1n) is 6.27. The molecule has 21 heavy (non-hydrogen) atoms. The van der Waals surface area contributed by atoms with Crippen LogP contribution in [0.25, 0.3) is 0 Å². The number of likely N-dealkylation sites (N-methyl/N-ethyl adjacent to an activating group) is 1. The first-order valence-corrected chi connectivity index (χ1v) is 9.29. The van der Waals surface area contributed by atoms with Gasteiger partial charge in [-0.1, -0.05) is 15.9 Å². The number of benzene rings is 1. The van der Waals surface area contributed by atoms with Crippen LogP contribution in [-0.4, -0.2) is 51.4 Å². The normalized spacial score (nSPS) is 20.2. The van der Waals surface area contributed by atoms with Gasteiger partial charge in [0, 0.05) is 35.6 Å². The van der Waals surface area contributed by atoms with Crippen LogP contribution in [-0.2, 0) is 14.8 Å². The summed E-state index contributed by atoms with van der Waals surface area (Å²) in [5.74, 6) is -0.320.